The molecule has 0 radical (unpaired) electrons. The highest BCUT2D eigenvalue weighted by Gasteiger charge is 2.16. The second kappa shape index (κ2) is 7.73. The van der Waals surface area contributed by atoms with E-state index in [0.717, 1.165) is 30.4 Å². The maximum Gasteiger partial charge on any atom is 0.336 e. The van der Waals surface area contributed by atoms with E-state index < -0.39 is 5.97 Å². The summed E-state index contributed by atoms with van der Waals surface area (Å²) in [5.41, 5.74) is 3.42. The van der Waals surface area contributed by atoms with Crippen LogP contribution in [0.15, 0.2) is 42.5 Å². The summed E-state index contributed by atoms with van der Waals surface area (Å²) in [5, 5.41) is 9.24. The van der Waals surface area contributed by atoms with E-state index >= 15 is 0 Å². The van der Waals surface area contributed by atoms with Crippen molar-refractivity contribution in [2.45, 2.75) is 39.5 Å². The van der Waals surface area contributed by atoms with Gasteiger partial charge in [0.15, 0.2) is 5.78 Å². The number of carbonyl (C=O) groups excluding carboxylic acids is 1. The molecule has 2 aromatic carbocycles. The van der Waals surface area contributed by atoms with Gasteiger partial charge in [0.1, 0.15) is 0 Å². The first-order chi connectivity index (χ1) is 11.0. The largest absolute Gasteiger partial charge is 0.478 e. The molecule has 0 bridgehead atoms. The first-order valence-electron chi connectivity index (χ1n) is 7.96. The standard InChI is InChI=1S/C20H22O3/c1-3-4-5-15-7-9-16(10-8-15)13-19(21)18-12-14(2)6-11-17(18)20(22)23/h6-12H,3-5,13H2,1-2H3,(H,22,23). The Hall–Kier alpha value is -2.42. The van der Waals surface area contributed by atoms with Crippen LogP contribution in [0.25, 0.3) is 0 Å². The Kier molecular flexibility index (Phi) is 5.69. The van der Waals surface area contributed by atoms with Crippen molar-refractivity contribution in [3.05, 3.63) is 70.3 Å². The molecule has 0 atom stereocenters. The van der Waals surface area contributed by atoms with E-state index in [-0.39, 0.29) is 23.3 Å². The monoisotopic (exact) mass is 310 g/mol. The minimum absolute atomic E-state index is 0.0696. The number of hydrogen-bond acceptors (Lipinski definition) is 2. The van der Waals surface area contributed by atoms with Gasteiger partial charge in [0, 0.05) is 12.0 Å². The molecule has 2 rings (SSSR count). The van der Waals surface area contributed by atoms with E-state index in [0.29, 0.717) is 0 Å². The highest BCUT2D eigenvalue weighted by Crippen LogP contribution is 2.16. The van der Waals surface area contributed by atoms with Crippen molar-refractivity contribution in [2.75, 3.05) is 0 Å². The van der Waals surface area contributed by atoms with Crippen molar-refractivity contribution in [3.8, 4) is 0 Å². The van der Waals surface area contributed by atoms with Crippen LogP contribution >= 0.6 is 0 Å². The molecule has 0 aliphatic heterocycles. The van der Waals surface area contributed by atoms with E-state index in [4.69, 9.17) is 0 Å². The molecule has 0 aromatic heterocycles. The molecule has 3 heteroatoms. The van der Waals surface area contributed by atoms with E-state index in [1.807, 2.05) is 31.2 Å². The Morgan fingerprint density at radius 2 is 1.61 bits per heavy atom. The lowest BCUT2D eigenvalue weighted by molar-refractivity contribution is 0.0692. The van der Waals surface area contributed by atoms with Crippen LogP contribution in [0.2, 0.25) is 0 Å². The van der Waals surface area contributed by atoms with E-state index in [1.165, 1.54) is 11.6 Å². The Morgan fingerprint density at radius 1 is 0.957 bits per heavy atom. The Balaban J connectivity index is 2.16. The summed E-state index contributed by atoms with van der Waals surface area (Å²) in [4.78, 5) is 23.8. The number of hydrogen-bond donors (Lipinski definition) is 1. The average molecular weight is 310 g/mol. The third-order valence-corrected chi connectivity index (χ3v) is 3.91. The fourth-order valence-corrected chi connectivity index (χ4v) is 2.56. The summed E-state index contributed by atoms with van der Waals surface area (Å²) < 4.78 is 0. The Bertz CT molecular complexity index is 699. The number of carbonyl (C=O) groups is 2. The number of benzene rings is 2. The minimum Gasteiger partial charge on any atom is -0.478 e. The average Bonchev–Trinajstić information content (AvgIpc) is 2.53. The Morgan fingerprint density at radius 3 is 2.22 bits per heavy atom. The number of unbranched alkanes of at least 4 members (excludes halogenated alkanes) is 1. The van der Waals surface area contributed by atoms with Gasteiger partial charge in [0.2, 0.25) is 0 Å². The Labute approximate surface area is 137 Å². The number of aromatic carboxylic acids is 1. The molecule has 1 N–H and O–H groups in total. The molecule has 120 valence electrons. The second-order valence-corrected chi connectivity index (χ2v) is 5.87. The first-order valence-corrected chi connectivity index (χ1v) is 7.96. The molecular formula is C20H22O3. The van der Waals surface area contributed by atoms with Crippen molar-refractivity contribution in [1.82, 2.24) is 0 Å². The molecular weight excluding hydrogens is 288 g/mol. The zero-order valence-corrected chi connectivity index (χ0v) is 13.6. The first kappa shape index (κ1) is 16.9. The topological polar surface area (TPSA) is 54.4 Å². The summed E-state index contributed by atoms with van der Waals surface area (Å²) >= 11 is 0. The predicted octanol–water partition coefficient (Wildman–Crippen LogP) is 4.46. The van der Waals surface area contributed by atoms with Gasteiger partial charge < -0.3 is 5.11 Å². The molecule has 0 saturated heterocycles. The van der Waals surface area contributed by atoms with Crippen molar-refractivity contribution >= 4 is 11.8 Å². The summed E-state index contributed by atoms with van der Waals surface area (Å²) in [6.07, 6.45) is 3.58. The molecule has 0 amide bonds. The number of carboxylic acids is 1. The molecule has 3 nitrogen and oxygen atoms in total. The third kappa shape index (κ3) is 4.52. The van der Waals surface area contributed by atoms with Crippen molar-refractivity contribution in [3.63, 3.8) is 0 Å². The van der Waals surface area contributed by atoms with Gasteiger partial charge in [-0.1, -0.05) is 49.2 Å². The molecule has 2 aromatic rings. The molecule has 0 saturated carbocycles. The van der Waals surface area contributed by atoms with Gasteiger partial charge in [-0.05, 0) is 43.0 Å². The summed E-state index contributed by atoms with van der Waals surface area (Å²) in [6, 6.07) is 12.9. The van der Waals surface area contributed by atoms with Gasteiger partial charge in [-0.25, -0.2) is 4.79 Å². The maximum atomic E-state index is 12.5. The smallest absolute Gasteiger partial charge is 0.336 e. The SMILES string of the molecule is CCCCc1ccc(CC(=O)c2cc(C)ccc2C(=O)O)cc1. The maximum absolute atomic E-state index is 12.5. The predicted molar refractivity (Wildman–Crippen MR) is 91.2 cm³/mol. The van der Waals surface area contributed by atoms with Gasteiger partial charge >= 0.3 is 5.97 Å². The molecule has 0 aliphatic carbocycles. The second-order valence-electron chi connectivity index (χ2n) is 5.87. The van der Waals surface area contributed by atoms with Crippen molar-refractivity contribution in [2.24, 2.45) is 0 Å². The van der Waals surface area contributed by atoms with E-state index in [1.54, 1.807) is 12.1 Å². The molecule has 0 heterocycles. The van der Waals surface area contributed by atoms with Gasteiger partial charge in [0.25, 0.3) is 0 Å². The van der Waals surface area contributed by atoms with Gasteiger partial charge in [-0.15, -0.1) is 0 Å². The third-order valence-electron chi connectivity index (χ3n) is 3.91. The van der Waals surface area contributed by atoms with Gasteiger partial charge in [-0.2, -0.15) is 0 Å². The number of ketones is 1. The van der Waals surface area contributed by atoms with Crippen LogP contribution in [-0.2, 0) is 12.8 Å². The van der Waals surface area contributed by atoms with Crippen LogP contribution in [0.1, 0.15) is 57.2 Å². The van der Waals surface area contributed by atoms with E-state index in [2.05, 4.69) is 6.92 Å². The van der Waals surface area contributed by atoms with Gasteiger partial charge in [-0.3, -0.25) is 4.79 Å². The molecule has 0 fully saturated rings. The normalized spacial score (nSPS) is 10.5. The number of aryl methyl sites for hydroxylation is 2. The zero-order chi connectivity index (χ0) is 16.8. The number of rotatable bonds is 7. The van der Waals surface area contributed by atoms with Crippen LogP contribution in [-0.4, -0.2) is 16.9 Å². The van der Waals surface area contributed by atoms with Crippen LogP contribution < -0.4 is 0 Å². The van der Waals surface area contributed by atoms with Crippen molar-refractivity contribution < 1.29 is 14.7 Å². The number of carboxylic acid groups (broad SMARTS) is 1. The van der Waals surface area contributed by atoms with Crippen LogP contribution in [0.4, 0.5) is 0 Å². The summed E-state index contributed by atoms with van der Waals surface area (Å²) in [7, 11) is 0. The van der Waals surface area contributed by atoms with Crippen LogP contribution in [0.5, 0.6) is 0 Å². The molecule has 0 spiro atoms. The lowest BCUT2D eigenvalue weighted by Crippen LogP contribution is -2.11. The lowest BCUT2D eigenvalue weighted by atomic mass is 9.96. The fourth-order valence-electron chi connectivity index (χ4n) is 2.56. The van der Waals surface area contributed by atoms with Gasteiger partial charge in [0.05, 0.1) is 5.56 Å². The lowest BCUT2D eigenvalue weighted by Gasteiger charge is -2.08. The minimum atomic E-state index is -1.07. The molecule has 0 aliphatic rings. The zero-order valence-electron chi connectivity index (χ0n) is 13.6. The summed E-state index contributed by atoms with van der Waals surface area (Å²) in [5.74, 6) is -1.23. The highest BCUT2D eigenvalue weighted by molar-refractivity contribution is 6.06. The van der Waals surface area contributed by atoms with Crippen LogP contribution in [0.3, 0.4) is 0 Å². The van der Waals surface area contributed by atoms with E-state index in [9.17, 15) is 14.7 Å². The fraction of sp³-hybridized carbons (Fsp3) is 0.300. The molecule has 0 unspecified atom stereocenters. The summed E-state index contributed by atoms with van der Waals surface area (Å²) in [6.45, 7) is 4.01. The molecule has 23 heavy (non-hydrogen) atoms. The number of Topliss-reactive ketones (excluding diaryl/α,β-unsaturated/α-hetero) is 1. The van der Waals surface area contributed by atoms with Crippen molar-refractivity contribution in [1.29, 1.82) is 0 Å². The van der Waals surface area contributed by atoms with Crippen LogP contribution in [0, 0.1) is 6.92 Å². The quantitative estimate of drug-likeness (QED) is 0.768. The highest BCUT2D eigenvalue weighted by atomic mass is 16.4.